The van der Waals surface area contributed by atoms with Gasteiger partial charge in [-0.25, -0.2) is 4.98 Å². The number of methoxy groups -OCH3 is 1. The second-order valence-corrected chi connectivity index (χ2v) is 8.08. The van der Waals surface area contributed by atoms with Crippen LogP contribution in [0.3, 0.4) is 0 Å². The molecule has 0 amide bonds. The molecule has 6 heteroatoms. The Morgan fingerprint density at radius 1 is 1.15 bits per heavy atom. The highest BCUT2D eigenvalue weighted by molar-refractivity contribution is 6.01. The van der Waals surface area contributed by atoms with Gasteiger partial charge in [0, 0.05) is 23.6 Å². The van der Waals surface area contributed by atoms with E-state index in [0.717, 1.165) is 23.4 Å². The van der Waals surface area contributed by atoms with E-state index in [1.807, 2.05) is 24.3 Å². The summed E-state index contributed by atoms with van der Waals surface area (Å²) in [5.74, 6) is 1.48. The van der Waals surface area contributed by atoms with E-state index < -0.39 is 5.92 Å². The van der Waals surface area contributed by atoms with Crippen LogP contribution >= 0.6 is 0 Å². The van der Waals surface area contributed by atoms with Gasteiger partial charge in [-0.3, -0.25) is 9.59 Å². The van der Waals surface area contributed by atoms with Gasteiger partial charge in [0.05, 0.1) is 12.7 Å². The standard InChI is InChI=1S/C21H23N3O3/c1-11-22-19-18(20(26)23-11)16(12-5-7-13(27-4)8-6-12)17-14(24-19)9-21(2,3)10-15(17)25/h5-8,16H,9-10H2,1-4H3,(H2,22,23,24,26). The highest BCUT2D eigenvalue weighted by atomic mass is 16.5. The van der Waals surface area contributed by atoms with Gasteiger partial charge in [-0.1, -0.05) is 26.0 Å². The van der Waals surface area contributed by atoms with Crippen LogP contribution in [0.15, 0.2) is 40.3 Å². The van der Waals surface area contributed by atoms with Crippen LogP contribution in [0.25, 0.3) is 0 Å². The van der Waals surface area contributed by atoms with Crippen LogP contribution in [0, 0.1) is 12.3 Å². The van der Waals surface area contributed by atoms with Crippen molar-refractivity contribution in [3.63, 3.8) is 0 Å². The summed E-state index contributed by atoms with van der Waals surface area (Å²) in [6.45, 7) is 5.93. The summed E-state index contributed by atoms with van der Waals surface area (Å²) in [5, 5.41) is 3.29. The first-order valence-corrected chi connectivity index (χ1v) is 9.07. The number of ketones is 1. The largest absolute Gasteiger partial charge is 0.497 e. The Hall–Kier alpha value is -2.89. The predicted molar refractivity (Wildman–Crippen MR) is 103 cm³/mol. The lowest BCUT2D eigenvalue weighted by Gasteiger charge is -2.38. The van der Waals surface area contributed by atoms with Crippen LogP contribution in [-0.2, 0) is 4.79 Å². The van der Waals surface area contributed by atoms with E-state index in [-0.39, 0.29) is 16.8 Å². The van der Waals surface area contributed by atoms with Crippen molar-refractivity contribution in [3.05, 3.63) is 62.8 Å². The quantitative estimate of drug-likeness (QED) is 0.853. The van der Waals surface area contributed by atoms with Gasteiger partial charge in [0.2, 0.25) is 0 Å². The maximum absolute atomic E-state index is 13.1. The molecule has 2 aromatic rings. The lowest BCUT2D eigenvalue weighted by atomic mass is 9.69. The number of ether oxygens (including phenoxy) is 1. The number of aryl methyl sites for hydroxylation is 1. The average Bonchev–Trinajstić information content (AvgIpc) is 2.58. The molecule has 4 rings (SSSR count). The number of allylic oxidation sites excluding steroid dienone is 2. The first-order valence-electron chi connectivity index (χ1n) is 9.07. The zero-order valence-electron chi connectivity index (χ0n) is 16.0. The average molecular weight is 365 g/mol. The van der Waals surface area contributed by atoms with Crippen molar-refractivity contribution in [1.82, 2.24) is 9.97 Å². The maximum atomic E-state index is 13.1. The van der Waals surface area contributed by atoms with E-state index in [9.17, 15) is 9.59 Å². The molecule has 2 heterocycles. The minimum atomic E-state index is -0.428. The molecule has 0 saturated heterocycles. The van der Waals surface area contributed by atoms with Gasteiger partial charge in [-0.2, -0.15) is 0 Å². The van der Waals surface area contributed by atoms with E-state index in [4.69, 9.17) is 4.74 Å². The van der Waals surface area contributed by atoms with Gasteiger partial charge in [0.1, 0.15) is 17.4 Å². The Morgan fingerprint density at radius 2 is 1.85 bits per heavy atom. The first kappa shape index (κ1) is 17.5. The summed E-state index contributed by atoms with van der Waals surface area (Å²) in [5.41, 5.74) is 2.61. The predicted octanol–water partition coefficient (Wildman–Crippen LogP) is 3.29. The highest BCUT2D eigenvalue weighted by Gasteiger charge is 2.42. The second kappa shape index (κ2) is 6.08. The molecule has 1 unspecified atom stereocenters. The number of carbonyl (C=O) groups is 1. The van der Waals surface area contributed by atoms with Gasteiger partial charge in [-0.15, -0.1) is 0 Å². The minimum absolute atomic E-state index is 0.0835. The van der Waals surface area contributed by atoms with Crippen molar-refractivity contribution in [2.24, 2.45) is 5.41 Å². The Labute approximate surface area is 157 Å². The fraction of sp³-hybridized carbons (Fsp3) is 0.381. The molecule has 140 valence electrons. The number of fused-ring (bicyclic) bond motifs is 1. The molecule has 1 aliphatic heterocycles. The third kappa shape index (κ3) is 2.95. The van der Waals surface area contributed by atoms with Crippen LogP contribution in [0.1, 0.15) is 49.6 Å². The third-order valence-electron chi connectivity index (χ3n) is 5.29. The van der Waals surface area contributed by atoms with E-state index >= 15 is 0 Å². The van der Waals surface area contributed by atoms with Crippen molar-refractivity contribution < 1.29 is 9.53 Å². The summed E-state index contributed by atoms with van der Waals surface area (Å²) < 4.78 is 5.25. The van der Waals surface area contributed by atoms with E-state index in [0.29, 0.717) is 29.2 Å². The van der Waals surface area contributed by atoms with Crippen molar-refractivity contribution in [1.29, 1.82) is 0 Å². The molecule has 1 aromatic heterocycles. The van der Waals surface area contributed by atoms with E-state index in [1.54, 1.807) is 14.0 Å². The van der Waals surface area contributed by atoms with Gasteiger partial charge >= 0.3 is 0 Å². The number of benzene rings is 1. The molecule has 0 radical (unpaired) electrons. The lowest BCUT2D eigenvalue weighted by Crippen LogP contribution is -2.37. The van der Waals surface area contributed by atoms with E-state index in [1.165, 1.54) is 0 Å². The normalized spacial score (nSPS) is 20.6. The summed E-state index contributed by atoms with van der Waals surface area (Å²) in [6, 6.07) is 7.53. The third-order valence-corrected chi connectivity index (χ3v) is 5.29. The van der Waals surface area contributed by atoms with Gasteiger partial charge < -0.3 is 15.0 Å². The first-order chi connectivity index (χ1) is 12.8. The smallest absolute Gasteiger partial charge is 0.257 e. The van der Waals surface area contributed by atoms with Crippen LogP contribution in [0.4, 0.5) is 5.82 Å². The van der Waals surface area contributed by atoms with Crippen LogP contribution in [-0.4, -0.2) is 22.9 Å². The Bertz CT molecular complexity index is 1020. The molecule has 1 aromatic carbocycles. The molecular weight excluding hydrogens is 342 g/mol. The fourth-order valence-corrected chi connectivity index (χ4v) is 4.16. The summed E-state index contributed by atoms with van der Waals surface area (Å²) in [6.07, 6.45) is 1.21. The SMILES string of the molecule is COc1ccc(C2C3=C(CC(C)(C)CC3=O)Nc3nc(C)[nH]c(=O)c32)cc1. The monoisotopic (exact) mass is 365 g/mol. The molecule has 1 aliphatic carbocycles. The second-order valence-electron chi connectivity index (χ2n) is 8.08. The summed E-state index contributed by atoms with van der Waals surface area (Å²) in [4.78, 5) is 33.2. The highest BCUT2D eigenvalue weighted by Crippen LogP contribution is 2.47. The molecule has 0 bridgehead atoms. The minimum Gasteiger partial charge on any atom is -0.497 e. The number of carbonyl (C=O) groups excluding carboxylic acids is 1. The zero-order chi connectivity index (χ0) is 19.3. The van der Waals surface area contributed by atoms with Crippen LogP contribution in [0.5, 0.6) is 5.75 Å². The number of hydrogen-bond donors (Lipinski definition) is 2. The Kier molecular flexibility index (Phi) is 3.94. The maximum Gasteiger partial charge on any atom is 0.257 e. The van der Waals surface area contributed by atoms with Gasteiger partial charge in [-0.05, 0) is 36.5 Å². The van der Waals surface area contributed by atoms with Crippen molar-refractivity contribution in [3.8, 4) is 5.75 Å². The summed E-state index contributed by atoms with van der Waals surface area (Å²) >= 11 is 0. The Morgan fingerprint density at radius 3 is 2.52 bits per heavy atom. The lowest BCUT2D eigenvalue weighted by molar-refractivity contribution is -0.118. The molecular formula is C21H23N3O3. The number of H-pyrrole nitrogens is 1. The van der Waals surface area contributed by atoms with Crippen LogP contribution < -0.4 is 15.6 Å². The van der Waals surface area contributed by atoms with Crippen molar-refractivity contribution >= 4 is 11.6 Å². The van der Waals surface area contributed by atoms with Gasteiger partial charge in [0.25, 0.3) is 5.56 Å². The molecule has 6 nitrogen and oxygen atoms in total. The Balaban J connectivity index is 1.96. The zero-order valence-corrected chi connectivity index (χ0v) is 16.0. The molecule has 1 atom stereocenters. The van der Waals surface area contributed by atoms with E-state index in [2.05, 4.69) is 29.1 Å². The van der Waals surface area contributed by atoms with Crippen LogP contribution in [0.2, 0.25) is 0 Å². The molecule has 0 fully saturated rings. The number of Topliss-reactive ketones (excluding diaryl/α,β-unsaturated/α-hetero) is 1. The molecule has 0 spiro atoms. The summed E-state index contributed by atoms with van der Waals surface area (Å²) in [7, 11) is 1.61. The number of nitrogens with one attached hydrogen (secondary N) is 2. The van der Waals surface area contributed by atoms with Gasteiger partial charge in [0.15, 0.2) is 5.78 Å². The number of hydrogen-bond acceptors (Lipinski definition) is 5. The topological polar surface area (TPSA) is 84.1 Å². The number of aromatic amines is 1. The molecule has 2 N–H and O–H groups in total. The van der Waals surface area contributed by atoms with Crippen molar-refractivity contribution in [2.45, 2.75) is 39.5 Å². The number of aromatic nitrogens is 2. The number of nitrogens with zero attached hydrogens (tertiary/aromatic N) is 1. The molecule has 2 aliphatic rings. The molecule has 0 saturated carbocycles. The number of rotatable bonds is 2. The molecule has 27 heavy (non-hydrogen) atoms. The van der Waals surface area contributed by atoms with Crippen molar-refractivity contribution in [2.75, 3.05) is 12.4 Å². The fourth-order valence-electron chi connectivity index (χ4n) is 4.16. The number of anilines is 1.